The maximum Gasteiger partial charge on any atom is 0.326 e. The van der Waals surface area contributed by atoms with Gasteiger partial charge in [-0.3, -0.25) is 4.79 Å². The fourth-order valence-corrected chi connectivity index (χ4v) is 1.22. The lowest BCUT2D eigenvalue weighted by Crippen LogP contribution is -2.48. The van der Waals surface area contributed by atoms with Crippen LogP contribution in [0.1, 0.15) is 25.2 Å². The molecule has 0 radical (unpaired) electrons. The van der Waals surface area contributed by atoms with Gasteiger partial charge in [-0.2, -0.15) is 5.21 Å². The Labute approximate surface area is 106 Å². The molecule has 0 aliphatic carbocycles. The quantitative estimate of drug-likeness (QED) is 0.393. The van der Waals surface area contributed by atoms with Crippen molar-refractivity contribution >= 4 is 17.9 Å². The highest BCUT2D eigenvalue weighted by atomic mass is 16.4. The molecule has 19 heavy (non-hydrogen) atoms. The van der Waals surface area contributed by atoms with Gasteiger partial charge in [-0.05, 0) is 6.92 Å². The highest BCUT2D eigenvalue weighted by molar-refractivity contribution is 5.87. The van der Waals surface area contributed by atoms with Crippen molar-refractivity contribution in [1.29, 1.82) is 0 Å². The van der Waals surface area contributed by atoms with Crippen LogP contribution in [0.5, 0.6) is 0 Å². The van der Waals surface area contributed by atoms with Crippen LogP contribution in [0, 0.1) is 0 Å². The van der Waals surface area contributed by atoms with Crippen LogP contribution in [0.4, 0.5) is 4.79 Å². The molecule has 0 aliphatic rings. The number of aromatic amines is 1. The number of aromatic nitrogens is 4. The number of nitrogens with zero attached hydrogens (tertiary/aromatic N) is 3. The van der Waals surface area contributed by atoms with Crippen molar-refractivity contribution in [1.82, 2.24) is 31.3 Å². The Morgan fingerprint density at radius 2 is 2.11 bits per heavy atom. The van der Waals surface area contributed by atoms with Crippen molar-refractivity contribution in [2.24, 2.45) is 5.73 Å². The number of H-pyrrole nitrogens is 1. The summed E-state index contributed by atoms with van der Waals surface area (Å²) in [5.74, 6) is -1.96. The third kappa shape index (κ3) is 4.57. The summed E-state index contributed by atoms with van der Waals surface area (Å²) in [4.78, 5) is 33.0. The van der Waals surface area contributed by atoms with Crippen molar-refractivity contribution in [2.75, 3.05) is 0 Å². The standard InChI is InChI=1S/C8H13N7O4/c1-3(6-12-14-15-13-6)10-8(19)11-4(7(17)18)2-5(9)16/h3-4H,2H2,1H3,(H2,9,16)(H,17,18)(H2,10,11,19)(H,12,13,14,15). The second-order valence-corrected chi connectivity index (χ2v) is 3.67. The molecule has 1 aromatic rings. The van der Waals surface area contributed by atoms with Gasteiger partial charge in [-0.1, -0.05) is 5.21 Å². The summed E-state index contributed by atoms with van der Waals surface area (Å²) in [6.45, 7) is 1.58. The first kappa shape index (κ1) is 14.3. The van der Waals surface area contributed by atoms with Crippen molar-refractivity contribution in [3.05, 3.63) is 5.82 Å². The molecular weight excluding hydrogens is 258 g/mol. The molecular formula is C8H13N7O4. The third-order valence-electron chi connectivity index (χ3n) is 2.11. The Bertz CT molecular complexity index is 460. The lowest BCUT2D eigenvalue weighted by molar-refractivity contribution is -0.140. The number of carbonyl (C=O) groups is 3. The lowest BCUT2D eigenvalue weighted by atomic mass is 10.2. The number of rotatable bonds is 6. The van der Waals surface area contributed by atoms with Gasteiger partial charge in [0.2, 0.25) is 5.91 Å². The number of hydrogen-bond donors (Lipinski definition) is 5. The third-order valence-corrected chi connectivity index (χ3v) is 2.11. The zero-order valence-corrected chi connectivity index (χ0v) is 9.95. The van der Waals surface area contributed by atoms with Crippen molar-refractivity contribution in [3.8, 4) is 0 Å². The van der Waals surface area contributed by atoms with Gasteiger partial charge in [0, 0.05) is 0 Å². The van der Waals surface area contributed by atoms with E-state index < -0.39 is 36.4 Å². The van der Waals surface area contributed by atoms with Crippen molar-refractivity contribution < 1.29 is 19.5 Å². The van der Waals surface area contributed by atoms with E-state index >= 15 is 0 Å². The highest BCUT2D eigenvalue weighted by Gasteiger charge is 2.23. The minimum Gasteiger partial charge on any atom is -0.480 e. The molecule has 0 saturated heterocycles. The number of aliphatic carboxylic acids is 1. The first-order valence-corrected chi connectivity index (χ1v) is 5.21. The van der Waals surface area contributed by atoms with Gasteiger partial charge in [0.05, 0.1) is 12.5 Å². The number of carbonyl (C=O) groups excluding carboxylic acids is 2. The maximum absolute atomic E-state index is 11.5. The number of tetrazole rings is 1. The van der Waals surface area contributed by atoms with E-state index in [0.29, 0.717) is 0 Å². The number of carboxylic acid groups (broad SMARTS) is 1. The Morgan fingerprint density at radius 3 is 2.58 bits per heavy atom. The molecule has 11 heteroatoms. The van der Waals surface area contributed by atoms with Gasteiger partial charge in [0.25, 0.3) is 0 Å². The number of nitrogens with two attached hydrogens (primary N) is 1. The van der Waals surface area contributed by atoms with Crippen LogP contribution < -0.4 is 16.4 Å². The lowest BCUT2D eigenvalue weighted by Gasteiger charge is -2.15. The molecule has 1 heterocycles. The zero-order chi connectivity index (χ0) is 14.4. The van der Waals surface area contributed by atoms with E-state index in [1.807, 2.05) is 0 Å². The van der Waals surface area contributed by atoms with E-state index in [1.54, 1.807) is 6.92 Å². The fraction of sp³-hybridized carbons (Fsp3) is 0.500. The monoisotopic (exact) mass is 271 g/mol. The molecule has 104 valence electrons. The number of nitrogens with one attached hydrogen (secondary N) is 3. The van der Waals surface area contributed by atoms with Crippen molar-refractivity contribution in [2.45, 2.75) is 25.4 Å². The molecule has 0 aromatic carbocycles. The molecule has 0 bridgehead atoms. The topological polar surface area (TPSA) is 176 Å². The van der Waals surface area contributed by atoms with Crippen LogP contribution >= 0.6 is 0 Å². The van der Waals surface area contributed by atoms with Crippen LogP contribution in [0.25, 0.3) is 0 Å². The zero-order valence-electron chi connectivity index (χ0n) is 9.95. The number of carboxylic acids is 1. The van der Waals surface area contributed by atoms with Gasteiger partial charge < -0.3 is 21.5 Å². The number of amides is 3. The largest absolute Gasteiger partial charge is 0.480 e. The smallest absolute Gasteiger partial charge is 0.326 e. The average molecular weight is 271 g/mol. The van der Waals surface area contributed by atoms with E-state index in [2.05, 4.69) is 31.3 Å². The first-order chi connectivity index (χ1) is 8.90. The summed E-state index contributed by atoms with van der Waals surface area (Å²) >= 11 is 0. The predicted octanol–water partition coefficient (Wildman–Crippen LogP) is -2.11. The SMILES string of the molecule is CC(NC(=O)NC(CC(N)=O)C(=O)O)c1nn[nH]n1. The summed E-state index contributed by atoms with van der Waals surface area (Å²) in [6.07, 6.45) is -0.501. The van der Waals surface area contributed by atoms with Crippen LogP contribution in [-0.2, 0) is 9.59 Å². The van der Waals surface area contributed by atoms with Crippen LogP contribution in [0.2, 0.25) is 0 Å². The molecule has 0 fully saturated rings. The molecule has 0 aliphatic heterocycles. The molecule has 3 amide bonds. The van der Waals surface area contributed by atoms with Crippen LogP contribution in [0.3, 0.4) is 0 Å². The Kier molecular flexibility index (Phi) is 4.74. The van der Waals surface area contributed by atoms with E-state index in [-0.39, 0.29) is 5.82 Å². The van der Waals surface area contributed by atoms with E-state index in [9.17, 15) is 14.4 Å². The normalized spacial score (nSPS) is 13.3. The minimum absolute atomic E-state index is 0.233. The Balaban J connectivity index is 2.53. The summed E-state index contributed by atoms with van der Waals surface area (Å²) in [7, 11) is 0. The second-order valence-electron chi connectivity index (χ2n) is 3.67. The maximum atomic E-state index is 11.5. The molecule has 1 aromatic heterocycles. The molecule has 0 spiro atoms. The molecule has 0 saturated carbocycles. The summed E-state index contributed by atoms with van der Waals surface area (Å²) in [5.41, 5.74) is 4.88. The molecule has 2 atom stereocenters. The van der Waals surface area contributed by atoms with Gasteiger partial charge in [-0.25, -0.2) is 9.59 Å². The van der Waals surface area contributed by atoms with E-state index in [0.717, 1.165) is 0 Å². The van der Waals surface area contributed by atoms with Gasteiger partial charge >= 0.3 is 12.0 Å². The molecule has 6 N–H and O–H groups in total. The number of primary amides is 1. The average Bonchev–Trinajstić information content (AvgIpc) is 2.80. The highest BCUT2D eigenvalue weighted by Crippen LogP contribution is 2.02. The number of hydrogen-bond acceptors (Lipinski definition) is 6. The second kappa shape index (κ2) is 6.28. The summed E-state index contributed by atoms with van der Waals surface area (Å²) < 4.78 is 0. The van der Waals surface area contributed by atoms with E-state index in [1.165, 1.54) is 0 Å². The van der Waals surface area contributed by atoms with Crippen molar-refractivity contribution in [3.63, 3.8) is 0 Å². The molecule has 1 rings (SSSR count). The fourth-order valence-electron chi connectivity index (χ4n) is 1.22. The number of urea groups is 1. The van der Waals surface area contributed by atoms with Crippen LogP contribution in [-0.4, -0.2) is 49.7 Å². The van der Waals surface area contributed by atoms with Crippen LogP contribution in [0.15, 0.2) is 0 Å². The van der Waals surface area contributed by atoms with E-state index in [4.69, 9.17) is 10.8 Å². The Morgan fingerprint density at radius 1 is 1.42 bits per heavy atom. The Hall–Kier alpha value is -2.72. The first-order valence-electron chi connectivity index (χ1n) is 5.21. The van der Waals surface area contributed by atoms with Gasteiger partial charge in [0.15, 0.2) is 5.82 Å². The minimum atomic E-state index is -1.39. The summed E-state index contributed by atoms with van der Waals surface area (Å²) in [6, 6.07) is -2.76. The molecule has 2 unspecified atom stereocenters. The van der Waals surface area contributed by atoms with Gasteiger partial charge in [0.1, 0.15) is 6.04 Å². The van der Waals surface area contributed by atoms with Gasteiger partial charge in [-0.15, -0.1) is 10.2 Å². The summed E-state index contributed by atoms with van der Waals surface area (Å²) in [5, 5.41) is 26.1. The molecule has 11 nitrogen and oxygen atoms in total. The predicted molar refractivity (Wildman–Crippen MR) is 59.5 cm³/mol.